The molecule has 0 saturated carbocycles. The van der Waals surface area contributed by atoms with Crippen molar-refractivity contribution >= 4 is 22.1 Å². The number of benzene rings is 1. The van der Waals surface area contributed by atoms with Gasteiger partial charge in [0, 0.05) is 47.6 Å². The van der Waals surface area contributed by atoms with Gasteiger partial charge >= 0.3 is 0 Å². The average Bonchev–Trinajstić information content (AvgIpc) is 2.88. The van der Waals surface area contributed by atoms with E-state index >= 15 is 0 Å². The second-order valence-electron chi connectivity index (χ2n) is 5.10. The lowest BCUT2D eigenvalue weighted by Gasteiger charge is -2.21. The molecule has 0 radical (unpaired) electrons. The number of nitrogens with two attached hydrogens (primary N) is 1. The Hall–Kier alpha value is -1.77. The molecule has 2 heterocycles. The number of pyridine rings is 1. The third-order valence-electron chi connectivity index (χ3n) is 4.03. The molecule has 1 fully saturated rings. The zero-order valence-electron chi connectivity index (χ0n) is 10.8. The maximum absolute atomic E-state index is 6.03. The number of hydrogen-bond donors (Lipinski definition) is 1. The van der Waals surface area contributed by atoms with Crippen molar-refractivity contribution in [2.45, 2.75) is 19.8 Å². The highest BCUT2D eigenvalue weighted by Gasteiger charge is 2.22. The van der Waals surface area contributed by atoms with E-state index in [0.29, 0.717) is 0 Å². The Morgan fingerprint density at radius 1 is 1.33 bits per heavy atom. The fourth-order valence-corrected chi connectivity index (χ4v) is 2.86. The quantitative estimate of drug-likeness (QED) is 0.822. The van der Waals surface area contributed by atoms with Gasteiger partial charge in [-0.3, -0.25) is 4.98 Å². The fraction of sp³-hybridized carbons (Fsp3) is 0.400. The maximum Gasteiger partial charge on any atom is 0.0463 e. The Morgan fingerprint density at radius 3 is 3.00 bits per heavy atom. The summed E-state index contributed by atoms with van der Waals surface area (Å²) in [7, 11) is 0. The van der Waals surface area contributed by atoms with Gasteiger partial charge in [-0.1, -0.05) is 13.3 Å². The Balaban J connectivity index is 2.05. The summed E-state index contributed by atoms with van der Waals surface area (Å²) in [6.07, 6.45) is 6.30. The monoisotopic (exact) mass is 241 g/mol. The molecule has 1 aliphatic rings. The highest BCUT2D eigenvalue weighted by Crippen LogP contribution is 2.33. The van der Waals surface area contributed by atoms with Crippen LogP contribution in [-0.2, 0) is 0 Å². The summed E-state index contributed by atoms with van der Waals surface area (Å²) in [5.74, 6) is 0.828. The summed E-state index contributed by atoms with van der Waals surface area (Å²) < 4.78 is 0. The Bertz CT molecular complexity index is 565. The molecule has 1 saturated heterocycles. The van der Waals surface area contributed by atoms with Gasteiger partial charge in [0.25, 0.3) is 0 Å². The van der Waals surface area contributed by atoms with Crippen molar-refractivity contribution in [2.75, 3.05) is 23.7 Å². The minimum Gasteiger partial charge on any atom is -0.398 e. The number of nitrogens with zero attached hydrogens (tertiary/aromatic N) is 2. The van der Waals surface area contributed by atoms with Crippen molar-refractivity contribution in [1.82, 2.24) is 4.98 Å². The zero-order chi connectivity index (χ0) is 12.5. The van der Waals surface area contributed by atoms with Gasteiger partial charge in [0.1, 0.15) is 0 Å². The molecule has 3 nitrogen and oxygen atoms in total. The first kappa shape index (κ1) is 11.3. The van der Waals surface area contributed by atoms with Gasteiger partial charge in [-0.15, -0.1) is 0 Å². The van der Waals surface area contributed by atoms with E-state index in [1.165, 1.54) is 23.9 Å². The van der Waals surface area contributed by atoms with E-state index in [1.54, 1.807) is 6.20 Å². The van der Waals surface area contributed by atoms with Gasteiger partial charge in [-0.2, -0.15) is 0 Å². The van der Waals surface area contributed by atoms with Crippen LogP contribution >= 0.6 is 0 Å². The normalized spacial score (nSPS) is 19.6. The third kappa shape index (κ3) is 1.80. The molecule has 2 N–H and O–H groups in total. The third-order valence-corrected chi connectivity index (χ3v) is 4.03. The predicted octanol–water partition coefficient (Wildman–Crippen LogP) is 3.05. The van der Waals surface area contributed by atoms with Crippen LogP contribution in [0.4, 0.5) is 11.4 Å². The van der Waals surface area contributed by atoms with Gasteiger partial charge in [0.2, 0.25) is 0 Å². The van der Waals surface area contributed by atoms with Gasteiger partial charge in [-0.25, -0.2) is 0 Å². The Labute approximate surface area is 108 Å². The van der Waals surface area contributed by atoms with Gasteiger partial charge in [-0.05, 0) is 30.5 Å². The van der Waals surface area contributed by atoms with Crippen molar-refractivity contribution in [2.24, 2.45) is 5.92 Å². The highest BCUT2D eigenvalue weighted by molar-refractivity contribution is 6.00. The smallest absolute Gasteiger partial charge is 0.0463 e. The van der Waals surface area contributed by atoms with Gasteiger partial charge < -0.3 is 10.6 Å². The van der Waals surface area contributed by atoms with Crippen LogP contribution in [0.3, 0.4) is 0 Å². The van der Waals surface area contributed by atoms with Crippen molar-refractivity contribution in [3.05, 3.63) is 30.6 Å². The molecule has 94 valence electrons. The van der Waals surface area contributed by atoms with E-state index in [-0.39, 0.29) is 0 Å². The van der Waals surface area contributed by atoms with Crippen molar-refractivity contribution in [1.29, 1.82) is 0 Å². The minimum atomic E-state index is 0.828. The molecule has 0 amide bonds. The standard InChI is InChI=1S/C15H19N3/c1-2-11-6-8-18(10-11)15-4-3-14(16)12-5-7-17-9-13(12)15/h3-5,7,9,11H,2,6,8,10,16H2,1H3. The molecule has 0 aliphatic carbocycles. The number of nitrogen functional groups attached to an aromatic ring is 1. The molecular formula is C15H19N3. The van der Waals surface area contributed by atoms with Crippen molar-refractivity contribution in [3.8, 4) is 0 Å². The second-order valence-corrected chi connectivity index (χ2v) is 5.10. The average molecular weight is 241 g/mol. The predicted molar refractivity (Wildman–Crippen MR) is 76.8 cm³/mol. The van der Waals surface area contributed by atoms with Crippen LogP contribution in [0.2, 0.25) is 0 Å². The molecule has 1 aromatic carbocycles. The van der Waals surface area contributed by atoms with Crippen LogP contribution in [0.15, 0.2) is 30.6 Å². The van der Waals surface area contributed by atoms with E-state index in [0.717, 1.165) is 30.1 Å². The fourth-order valence-electron chi connectivity index (χ4n) is 2.86. The molecule has 1 unspecified atom stereocenters. The molecule has 3 heteroatoms. The zero-order valence-corrected chi connectivity index (χ0v) is 10.8. The number of aromatic nitrogens is 1. The Kier molecular flexibility index (Phi) is 2.82. The van der Waals surface area contributed by atoms with E-state index in [1.807, 2.05) is 18.3 Å². The summed E-state index contributed by atoms with van der Waals surface area (Å²) in [5, 5.41) is 2.29. The van der Waals surface area contributed by atoms with Crippen LogP contribution in [0.25, 0.3) is 10.8 Å². The first-order chi connectivity index (χ1) is 8.79. The van der Waals surface area contributed by atoms with Crippen LogP contribution in [0, 0.1) is 5.92 Å². The summed E-state index contributed by atoms with van der Waals surface area (Å²) in [4.78, 5) is 6.71. The molecule has 2 aromatic rings. The first-order valence-corrected chi connectivity index (χ1v) is 6.66. The lowest BCUT2D eigenvalue weighted by atomic mass is 10.1. The van der Waals surface area contributed by atoms with E-state index in [9.17, 15) is 0 Å². The summed E-state index contributed by atoms with van der Waals surface area (Å²) in [6.45, 7) is 4.58. The molecule has 1 aliphatic heterocycles. The van der Waals surface area contributed by atoms with Crippen LogP contribution in [0.5, 0.6) is 0 Å². The van der Waals surface area contributed by atoms with Gasteiger partial charge in [0.05, 0.1) is 0 Å². The largest absolute Gasteiger partial charge is 0.398 e. The molecule has 0 bridgehead atoms. The first-order valence-electron chi connectivity index (χ1n) is 6.66. The number of rotatable bonds is 2. The SMILES string of the molecule is CCC1CCN(c2ccc(N)c3ccncc23)C1. The molecule has 3 rings (SSSR count). The summed E-state index contributed by atoms with van der Waals surface area (Å²) in [5.41, 5.74) is 8.15. The Morgan fingerprint density at radius 2 is 2.22 bits per heavy atom. The summed E-state index contributed by atoms with van der Waals surface area (Å²) in [6, 6.07) is 6.15. The van der Waals surface area contributed by atoms with Crippen LogP contribution in [0.1, 0.15) is 19.8 Å². The minimum absolute atomic E-state index is 0.828. The molecular weight excluding hydrogens is 222 g/mol. The summed E-state index contributed by atoms with van der Waals surface area (Å²) >= 11 is 0. The number of fused-ring (bicyclic) bond motifs is 1. The van der Waals surface area contributed by atoms with Crippen molar-refractivity contribution in [3.63, 3.8) is 0 Å². The molecule has 0 spiro atoms. The molecule has 18 heavy (non-hydrogen) atoms. The lowest BCUT2D eigenvalue weighted by molar-refractivity contribution is 0.569. The lowest BCUT2D eigenvalue weighted by Crippen LogP contribution is -2.19. The van der Waals surface area contributed by atoms with Gasteiger partial charge in [0.15, 0.2) is 0 Å². The van der Waals surface area contributed by atoms with Crippen LogP contribution < -0.4 is 10.6 Å². The topological polar surface area (TPSA) is 42.1 Å². The second kappa shape index (κ2) is 4.48. The maximum atomic E-state index is 6.03. The number of anilines is 2. The van der Waals surface area contributed by atoms with Crippen molar-refractivity contribution < 1.29 is 0 Å². The van der Waals surface area contributed by atoms with E-state index in [4.69, 9.17) is 5.73 Å². The van der Waals surface area contributed by atoms with E-state index < -0.39 is 0 Å². The number of hydrogen-bond acceptors (Lipinski definition) is 3. The molecule has 1 atom stereocenters. The molecule has 1 aromatic heterocycles. The van der Waals surface area contributed by atoms with Crippen LogP contribution in [-0.4, -0.2) is 18.1 Å². The highest BCUT2D eigenvalue weighted by atomic mass is 15.2. The van der Waals surface area contributed by atoms with E-state index in [2.05, 4.69) is 22.9 Å².